The predicted molar refractivity (Wildman–Crippen MR) is 118 cm³/mol. The third-order valence-corrected chi connectivity index (χ3v) is 5.39. The van der Waals surface area contributed by atoms with E-state index in [4.69, 9.17) is 9.84 Å². The molecule has 0 aliphatic heterocycles. The fourth-order valence-electron chi connectivity index (χ4n) is 3.93. The van der Waals surface area contributed by atoms with Crippen LogP contribution in [0.4, 0.5) is 4.79 Å². The minimum absolute atomic E-state index is 0.0379. The van der Waals surface area contributed by atoms with Crippen LogP contribution >= 0.6 is 0 Å². The molecule has 8 nitrogen and oxygen atoms in total. The van der Waals surface area contributed by atoms with E-state index in [1.165, 1.54) is 0 Å². The molecule has 0 radical (unpaired) electrons. The van der Waals surface area contributed by atoms with Crippen LogP contribution in [0.25, 0.3) is 11.1 Å². The number of hydroxylamine groups is 1. The first-order chi connectivity index (χ1) is 15.5. The minimum Gasteiger partial charge on any atom is -0.479 e. The molecule has 1 atom stereocenters. The van der Waals surface area contributed by atoms with Crippen molar-refractivity contribution in [3.63, 3.8) is 0 Å². The number of nitrogens with one attached hydrogen (secondary N) is 2. The summed E-state index contributed by atoms with van der Waals surface area (Å²) in [7, 11) is 0. The van der Waals surface area contributed by atoms with Crippen LogP contribution in [0.2, 0.25) is 0 Å². The Kier molecular flexibility index (Phi) is 8.21. The van der Waals surface area contributed by atoms with E-state index in [1.807, 2.05) is 43.3 Å². The second-order valence-electron chi connectivity index (χ2n) is 7.72. The Hall–Kier alpha value is -3.39. The molecule has 2 aromatic rings. The average Bonchev–Trinajstić information content (AvgIpc) is 3.09. The summed E-state index contributed by atoms with van der Waals surface area (Å²) in [6, 6.07) is 15.7. The summed E-state index contributed by atoms with van der Waals surface area (Å²) in [4.78, 5) is 39.6. The van der Waals surface area contributed by atoms with Crippen LogP contribution in [0, 0.1) is 0 Å². The molecule has 0 heterocycles. The molecule has 0 fully saturated rings. The van der Waals surface area contributed by atoms with Gasteiger partial charge in [0, 0.05) is 18.4 Å². The lowest BCUT2D eigenvalue weighted by molar-refractivity contribution is -0.149. The van der Waals surface area contributed by atoms with Gasteiger partial charge in [0.05, 0.1) is 0 Å². The zero-order valence-electron chi connectivity index (χ0n) is 18.0. The maximum absolute atomic E-state index is 12.5. The maximum atomic E-state index is 12.5. The molecule has 0 bridgehead atoms. The predicted octanol–water partition coefficient (Wildman–Crippen LogP) is 3.61. The first kappa shape index (κ1) is 23.3. The fraction of sp³-hybridized carbons (Fsp3) is 0.375. The number of carbonyl (C=O) groups is 3. The number of alkyl carbamates (subject to hydrolysis) is 1. The van der Waals surface area contributed by atoms with E-state index in [0.717, 1.165) is 35.1 Å². The number of carbonyl (C=O) groups excluding carboxylic acids is 2. The highest BCUT2D eigenvalue weighted by atomic mass is 16.7. The molecule has 0 spiro atoms. The van der Waals surface area contributed by atoms with Crippen LogP contribution < -0.4 is 10.8 Å². The van der Waals surface area contributed by atoms with Gasteiger partial charge in [0.2, 0.25) is 5.91 Å². The number of unbranched alkanes of at least 4 members (excludes halogenated alkanes) is 1. The van der Waals surface area contributed by atoms with E-state index < -0.39 is 30.6 Å². The van der Waals surface area contributed by atoms with Gasteiger partial charge >= 0.3 is 12.1 Å². The van der Waals surface area contributed by atoms with Gasteiger partial charge < -0.3 is 15.2 Å². The van der Waals surface area contributed by atoms with Crippen molar-refractivity contribution in [2.24, 2.45) is 0 Å². The van der Waals surface area contributed by atoms with E-state index in [0.29, 0.717) is 6.42 Å². The summed E-state index contributed by atoms with van der Waals surface area (Å²) in [5.41, 5.74) is 6.63. The number of fused-ring (bicyclic) bond motifs is 3. The van der Waals surface area contributed by atoms with Gasteiger partial charge in [0.15, 0.2) is 6.61 Å². The van der Waals surface area contributed by atoms with Crippen molar-refractivity contribution in [2.45, 2.75) is 44.6 Å². The normalized spacial score (nSPS) is 13.0. The zero-order valence-corrected chi connectivity index (χ0v) is 18.0. The van der Waals surface area contributed by atoms with Crippen LogP contribution in [0.15, 0.2) is 48.5 Å². The molecule has 1 aliphatic rings. The quantitative estimate of drug-likeness (QED) is 0.460. The second kappa shape index (κ2) is 11.3. The van der Waals surface area contributed by atoms with Gasteiger partial charge in [0.25, 0.3) is 0 Å². The van der Waals surface area contributed by atoms with E-state index >= 15 is 0 Å². The Morgan fingerprint density at radius 3 is 2.25 bits per heavy atom. The number of benzene rings is 2. The van der Waals surface area contributed by atoms with Crippen molar-refractivity contribution < 1.29 is 29.1 Å². The van der Waals surface area contributed by atoms with E-state index in [9.17, 15) is 14.4 Å². The first-order valence-corrected chi connectivity index (χ1v) is 10.7. The fourth-order valence-corrected chi connectivity index (χ4v) is 3.93. The second-order valence-corrected chi connectivity index (χ2v) is 7.72. The molecule has 0 unspecified atom stereocenters. The largest absolute Gasteiger partial charge is 0.479 e. The summed E-state index contributed by atoms with van der Waals surface area (Å²) < 4.78 is 5.55. The molecule has 170 valence electrons. The molecule has 0 aromatic heterocycles. The number of hydrogen-bond acceptors (Lipinski definition) is 5. The smallest absolute Gasteiger partial charge is 0.407 e. The SMILES string of the molecule is CCCC[C@H](CC(=O)NOCC(=O)O)NC(=O)OCC1c2ccccc2-c2ccccc21. The molecule has 8 heteroatoms. The Morgan fingerprint density at radius 1 is 1.03 bits per heavy atom. The third kappa shape index (κ3) is 6.07. The maximum Gasteiger partial charge on any atom is 0.407 e. The topological polar surface area (TPSA) is 114 Å². The number of rotatable bonds is 11. The van der Waals surface area contributed by atoms with Gasteiger partial charge in [-0.2, -0.15) is 0 Å². The van der Waals surface area contributed by atoms with Gasteiger partial charge in [-0.15, -0.1) is 0 Å². The first-order valence-electron chi connectivity index (χ1n) is 10.7. The van der Waals surface area contributed by atoms with Crippen molar-refractivity contribution in [1.82, 2.24) is 10.8 Å². The van der Waals surface area contributed by atoms with Crippen LogP contribution in [-0.2, 0) is 19.2 Å². The van der Waals surface area contributed by atoms with Crippen molar-refractivity contribution in [3.05, 3.63) is 59.7 Å². The highest BCUT2D eigenvalue weighted by Crippen LogP contribution is 2.44. The summed E-state index contributed by atoms with van der Waals surface area (Å²) in [6.07, 6.45) is 1.68. The van der Waals surface area contributed by atoms with Crippen LogP contribution in [-0.4, -0.2) is 42.3 Å². The minimum atomic E-state index is -1.19. The van der Waals surface area contributed by atoms with Gasteiger partial charge in [0.1, 0.15) is 6.61 Å². The summed E-state index contributed by atoms with van der Waals surface area (Å²) >= 11 is 0. The molecule has 3 rings (SSSR count). The van der Waals surface area contributed by atoms with Crippen molar-refractivity contribution in [2.75, 3.05) is 13.2 Å². The molecular formula is C24H28N2O6. The van der Waals surface area contributed by atoms with Crippen LogP contribution in [0.3, 0.4) is 0 Å². The van der Waals surface area contributed by atoms with Crippen molar-refractivity contribution in [1.29, 1.82) is 0 Å². The Balaban J connectivity index is 1.57. The number of hydrogen-bond donors (Lipinski definition) is 3. The number of carboxylic acid groups (broad SMARTS) is 1. The highest BCUT2D eigenvalue weighted by molar-refractivity contribution is 5.79. The highest BCUT2D eigenvalue weighted by Gasteiger charge is 2.29. The monoisotopic (exact) mass is 440 g/mol. The molecule has 2 amide bonds. The molecule has 0 saturated heterocycles. The number of carboxylic acids is 1. The lowest BCUT2D eigenvalue weighted by atomic mass is 9.98. The van der Waals surface area contributed by atoms with E-state index in [-0.39, 0.29) is 18.9 Å². The molecule has 1 aliphatic carbocycles. The van der Waals surface area contributed by atoms with Crippen LogP contribution in [0.1, 0.15) is 49.7 Å². The lowest BCUT2D eigenvalue weighted by Crippen LogP contribution is -2.40. The number of ether oxygens (including phenoxy) is 1. The molecular weight excluding hydrogens is 412 g/mol. The molecule has 32 heavy (non-hydrogen) atoms. The van der Waals surface area contributed by atoms with E-state index in [1.54, 1.807) is 0 Å². The van der Waals surface area contributed by atoms with Gasteiger partial charge in [-0.3, -0.25) is 9.63 Å². The molecule has 0 saturated carbocycles. The summed E-state index contributed by atoms with van der Waals surface area (Å²) in [6.45, 7) is 1.57. The van der Waals surface area contributed by atoms with E-state index in [2.05, 4.69) is 27.8 Å². The summed E-state index contributed by atoms with van der Waals surface area (Å²) in [5, 5.41) is 11.3. The Bertz CT molecular complexity index is 916. The third-order valence-electron chi connectivity index (χ3n) is 5.39. The number of aliphatic carboxylic acids is 1. The summed E-state index contributed by atoms with van der Waals surface area (Å²) in [5.74, 6) is -1.74. The van der Waals surface area contributed by atoms with Crippen LogP contribution in [0.5, 0.6) is 0 Å². The average molecular weight is 440 g/mol. The van der Waals surface area contributed by atoms with Crippen molar-refractivity contribution >= 4 is 18.0 Å². The Labute approximate surface area is 186 Å². The standard InChI is InChI=1S/C24H28N2O6/c1-2-3-8-16(13-22(27)26-32-15-23(28)29)25-24(30)31-14-21-19-11-6-4-9-17(19)18-10-5-7-12-20(18)21/h4-7,9-12,16,21H,2-3,8,13-15H2,1H3,(H,25,30)(H,26,27)(H,28,29)/t16-/m1/s1. The molecule has 3 N–H and O–H groups in total. The zero-order chi connectivity index (χ0) is 22.9. The lowest BCUT2D eigenvalue weighted by Gasteiger charge is -2.19. The van der Waals surface area contributed by atoms with Gasteiger partial charge in [-0.05, 0) is 28.7 Å². The Morgan fingerprint density at radius 2 is 1.66 bits per heavy atom. The molecule has 2 aromatic carbocycles. The van der Waals surface area contributed by atoms with Gasteiger partial charge in [-0.1, -0.05) is 68.3 Å². The van der Waals surface area contributed by atoms with Crippen molar-refractivity contribution in [3.8, 4) is 11.1 Å². The van der Waals surface area contributed by atoms with Gasteiger partial charge in [-0.25, -0.2) is 15.1 Å². The number of amides is 2.